The molecule has 2 N–H and O–H groups in total. The van der Waals surface area contributed by atoms with Crippen molar-refractivity contribution in [3.8, 4) is 22.6 Å². The van der Waals surface area contributed by atoms with Crippen LogP contribution in [0.25, 0.3) is 22.6 Å². The SMILES string of the molecule is Cn1nc(-c2ccc(N3CC4(C3)CC(F)(F)C4)nc2)nc1Nc1ccc(-c2cc(C(F)F)[nH]n2)c(F)c1. The van der Waals surface area contributed by atoms with Crippen LogP contribution < -0.4 is 10.2 Å². The summed E-state index contributed by atoms with van der Waals surface area (Å²) in [5.74, 6) is -1.71. The summed E-state index contributed by atoms with van der Waals surface area (Å²) in [5, 5.41) is 13.3. The molecule has 2 fully saturated rings. The first-order chi connectivity index (χ1) is 17.6. The Labute approximate surface area is 207 Å². The van der Waals surface area contributed by atoms with Crippen LogP contribution in [0.4, 0.5) is 39.4 Å². The van der Waals surface area contributed by atoms with E-state index < -0.39 is 18.2 Å². The van der Waals surface area contributed by atoms with Gasteiger partial charge in [-0.3, -0.25) is 5.10 Å². The van der Waals surface area contributed by atoms with E-state index in [0.717, 1.165) is 6.07 Å². The Morgan fingerprint density at radius 3 is 2.49 bits per heavy atom. The molecular weight excluding hydrogens is 495 g/mol. The topological polar surface area (TPSA) is 87.5 Å². The van der Waals surface area contributed by atoms with Gasteiger partial charge in [0.05, 0.1) is 5.69 Å². The van der Waals surface area contributed by atoms with Crippen LogP contribution in [0.5, 0.6) is 0 Å². The number of nitrogens with zero attached hydrogens (tertiary/aromatic N) is 6. The van der Waals surface area contributed by atoms with Crippen LogP contribution in [-0.2, 0) is 7.05 Å². The van der Waals surface area contributed by atoms with E-state index in [1.54, 1.807) is 19.3 Å². The molecule has 0 bridgehead atoms. The molecule has 0 amide bonds. The fraction of sp³-hybridized carbons (Fsp3) is 0.333. The summed E-state index contributed by atoms with van der Waals surface area (Å²) in [7, 11) is 1.68. The molecule has 13 heteroatoms. The number of alkyl halides is 4. The van der Waals surface area contributed by atoms with Crippen LogP contribution in [0.15, 0.2) is 42.6 Å². The summed E-state index contributed by atoms with van der Waals surface area (Å²) in [6.07, 6.45) is -1.22. The zero-order valence-corrected chi connectivity index (χ0v) is 19.5. The Morgan fingerprint density at radius 2 is 1.86 bits per heavy atom. The molecule has 1 spiro atoms. The number of nitrogens with one attached hydrogen (secondary N) is 2. The van der Waals surface area contributed by atoms with E-state index in [1.165, 1.54) is 16.8 Å². The molecule has 0 unspecified atom stereocenters. The van der Waals surface area contributed by atoms with Gasteiger partial charge < -0.3 is 10.2 Å². The third-order valence-corrected chi connectivity index (χ3v) is 6.75. The number of benzene rings is 1. The molecule has 0 atom stereocenters. The lowest BCUT2D eigenvalue weighted by Gasteiger charge is -2.59. The number of anilines is 3. The minimum absolute atomic E-state index is 0.0580. The molecule has 1 aliphatic carbocycles. The van der Waals surface area contributed by atoms with Crippen molar-refractivity contribution in [2.45, 2.75) is 25.2 Å². The first-order valence-electron chi connectivity index (χ1n) is 11.5. The number of aromatic amines is 1. The van der Waals surface area contributed by atoms with Crippen LogP contribution in [0, 0.1) is 11.2 Å². The highest BCUT2D eigenvalue weighted by atomic mass is 19.3. The van der Waals surface area contributed by atoms with E-state index in [1.807, 2.05) is 17.0 Å². The van der Waals surface area contributed by atoms with Gasteiger partial charge in [0.15, 0.2) is 5.82 Å². The van der Waals surface area contributed by atoms with Crippen LogP contribution in [-0.4, -0.2) is 49.0 Å². The maximum atomic E-state index is 14.7. The third-order valence-electron chi connectivity index (χ3n) is 6.75. The Kier molecular flexibility index (Phi) is 5.21. The predicted octanol–water partition coefficient (Wildman–Crippen LogP) is 5.32. The number of aryl methyl sites for hydroxylation is 1. The minimum atomic E-state index is -2.73. The van der Waals surface area contributed by atoms with E-state index in [0.29, 0.717) is 41.9 Å². The molecule has 4 heterocycles. The molecule has 1 aliphatic heterocycles. The van der Waals surface area contributed by atoms with Gasteiger partial charge in [0.2, 0.25) is 11.9 Å². The number of hydrogen-bond donors (Lipinski definition) is 2. The van der Waals surface area contributed by atoms with Crippen molar-refractivity contribution in [1.29, 1.82) is 0 Å². The molecule has 8 nitrogen and oxygen atoms in total. The van der Waals surface area contributed by atoms with Crippen molar-refractivity contribution in [2.75, 3.05) is 23.3 Å². The summed E-state index contributed by atoms with van der Waals surface area (Å²) in [5.41, 5.74) is 0.537. The van der Waals surface area contributed by atoms with Gasteiger partial charge in [0, 0.05) is 61.4 Å². The van der Waals surface area contributed by atoms with Crippen molar-refractivity contribution in [3.63, 3.8) is 0 Å². The van der Waals surface area contributed by atoms with Gasteiger partial charge in [-0.2, -0.15) is 10.1 Å². The van der Waals surface area contributed by atoms with E-state index in [2.05, 4.69) is 30.6 Å². The second-order valence-corrected chi connectivity index (χ2v) is 9.68. The number of halogens is 5. The molecule has 2 aliphatic rings. The Balaban J connectivity index is 1.13. The standard InChI is InChI=1S/C24H21F5N8/c1-36-22(31-14-3-4-15(16(25)6-14)17-7-18(20(26)27)34-33-17)32-21(35-36)13-2-5-19(30-8-13)37-11-23(12-37)9-24(28,29)10-23/h2-8,20H,9-12H2,1H3,(H,33,34)(H,31,32,35). The molecule has 1 aromatic carbocycles. The molecule has 6 rings (SSSR count). The third kappa shape index (κ3) is 4.27. The molecule has 1 saturated heterocycles. The van der Waals surface area contributed by atoms with Gasteiger partial charge >= 0.3 is 0 Å². The highest BCUT2D eigenvalue weighted by molar-refractivity contribution is 5.66. The first-order valence-corrected chi connectivity index (χ1v) is 11.5. The summed E-state index contributed by atoms with van der Waals surface area (Å²) in [6, 6.07) is 8.97. The normalized spacial score (nSPS) is 17.6. The van der Waals surface area contributed by atoms with E-state index in [4.69, 9.17) is 0 Å². The predicted molar refractivity (Wildman–Crippen MR) is 125 cm³/mol. The molecule has 3 aromatic heterocycles. The quantitative estimate of drug-likeness (QED) is 0.337. The second-order valence-electron chi connectivity index (χ2n) is 9.68. The van der Waals surface area contributed by atoms with Crippen LogP contribution in [0.1, 0.15) is 25.0 Å². The summed E-state index contributed by atoms with van der Waals surface area (Å²) in [4.78, 5) is 10.9. The number of pyridine rings is 1. The van der Waals surface area contributed by atoms with Gasteiger partial charge in [-0.15, -0.1) is 5.10 Å². The number of rotatable bonds is 6. The minimum Gasteiger partial charge on any atom is -0.355 e. The monoisotopic (exact) mass is 516 g/mol. The van der Waals surface area contributed by atoms with Gasteiger partial charge in [-0.25, -0.2) is 31.6 Å². The van der Waals surface area contributed by atoms with Crippen molar-refractivity contribution in [2.24, 2.45) is 12.5 Å². The fourth-order valence-electron chi connectivity index (χ4n) is 5.03. The molecule has 1 saturated carbocycles. The summed E-state index contributed by atoms with van der Waals surface area (Å²) >= 11 is 0. The zero-order valence-electron chi connectivity index (χ0n) is 19.5. The average molecular weight is 516 g/mol. The molecule has 4 aromatic rings. The van der Waals surface area contributed by atoms with Gasteiger partial charge in [0.1, 0.15) is 17.3 Å². The molecule has 0 radical (unpaired) electrons. The largest absolute Gasteiger partial charge is 0.355 e. The maximum absolute atomic E-state index is 14.7. The van der Waals surface area contributed by atoms with Crippen LogP contribution in [0.2, 0.25) is 0 Å². The molecular formula is C24H21F5N8. The smallest absolute Gasteiger partial charge is 0.279 e. The number of H-pyrrole nitrogens is 1. The van der Waals surface area contributed by atoms with E-state index in [9.17, 15) is 22.0 Å². The molecule has 192 valence electrons. The van der Waals surface area contributed by atoms with Crippen molar-refractivity contribution in [3.05, 3.63) is 54.1 Å². The van der Waals surface area contributed by atoms with E-state index >= 15 is 0 Å². The lowest BCUT2D eigenvalue weighted by Crippen LogP contribution is -2.66. The van der Waals surface area contributed by atoms with Crippen molar-refractivity contribution >= 4 is 17.5 Å². The van der Waals surface area contributed by atoms with Gasteiger partial charge in [-0.1, -0.05) is 0 Å². The first kappa shape index (κ1) is 23.4. The van der Waals surface area contributed by atoms with Crippen molar-refractivity contribution in [1.82, 2.24) is 29.9 Å². The van der Waals surface area contributed by atoms with Crippen LogP contribution >= 0.6 is 0 Å². The zero-order chi connectivity index (χ0) is 25.9. The highest BCUT2D eigenvalue weighted by Crippen LogP contribution is 2.57. The lowest BCUT2D eigenvalue weighted by atomic mass is 9.61. The van der Waals surface area contributed by atoms with Gasteiger partial charge in [0.25, 0.3) is 6.43 Å². The molecule has 37 heavy (non-hydrogen) atoms. The number of aromatic nitrogens is 6. The highest BCUT2D eigenvalue weighted by Gasteiger charge is 2.61. The number of hydrogen-bond acceptors (Lipinski definition) is 6. The van der Waals surface area contributed by atoms with Crippen molar-refractivity contribution < 1.29 is 22.0 Å². The van der Waals surface area contributed by atoms with E-state index in [-0.39, 0.29) is 35.2 Å². The Morgan fingerprint density at radius 1 is 1.08 bits per heavy atom. The maximum Gasteiger partial charge on any atom is 0.279 e. The lowest BCUT2D eigenvalue weighted by molar-refractivity contribution is -0.170. The Hall–Kier alpha value is -4.03. The van der Waals surface area contributed by atoms with Crippen LogP contribution in [0.3, 0.4) is 0 Å². The fourth-order valence-corrected chi connectivity index (χ4v) is 5.03. The average Bonchev–Trinajstić information content (AvgIpc) is 3.43. The summed E-state index contributed by atoms with van der Waals surface area (Å²) < 4.78 is 68.2. The summed E-state index contributed by atoms with van der Waals surface area (Å²) in [6.45, 7) is 1.15. The second kappa shape index (κ2) is 8.25. The van der Waals surface area contributed by atoms with Gasteiger partial charge in [-0.05, 0) is 36.4 Å². The Bertz CT molecular complexity index is 1450.